The van der Waals surface area contributed by atoms with Crippen molar-refractivity contribution in [3.8, 4) is 28.1 Å². The Morgan fingerprint density at radius 2 is 1.43 bits per heavy atom. The minimum absolute atomic E-state index is 0.439. The van der Waals surface area contributed by atoms with Crippen LogP contribution in [0.3, 0.4) is 0 Å². The highest BCUT2D eigenvalue weighted by Crippen LogP contribution is 2.38. The Labute approximate surface area is 180 Å². The number of benzene rings is 3. The van der Waals surface area contributed by atoms with Gasteiger partial charge in [0.05, 0.1) is 23.9 Å². The molecule has 1 aromatic heterocycles. The summed E-state index contributed by atoms with van der Waals surface area (Å²) >= 11 is 0. The minimum Gasteiger partial charge on any atom is -0.298 e. The van der Waals surface area contributed by atoms with E-state index in [1.54, 1.807) is 0 Å². The zero-order valence-electron chi connectivity index (χ0n) is 18.6. The van der Waals surface area contributed by atoms with Crippen molar-refractivity contribution in [3.63, 3.8) is 0 Å². The lowest BCUT2D eigenvalue weighted by Crippen LogP contribution is -2.05. The smallest absolute Gasteiger partial charge is 0.0997 e. The average Bonchev–Trinajstić information content (AvgIpc) is 3.23. The van der Waals surface area contributed by atoms with Gasteiger partial charge in [-0.1, -0.05) is 87.9 Å². The molecule has 0 fully saturated rings. The maximum atomic E-state index is 4.60. The molecule has 0 aliphatic heterocycles. The monoisotopic (exact) mass is 394 g/mol. The summed E-state index contributed by atoms with van der Waals surface area (Å²) in [6, 6.07) is 24.0. The summed E-state index contributed by atoms with van der Waals surface area (Å²) in [5.74, 6) is 0.877. The summed E-state index contributed by atoms with van der Waals surface area (Å²) in [7, 11) is 0. The number of aryl methyl sites for hydroxylation is 1. The van der Waals surface area contributed by atoms with Gasteiger partial charge >= 0.3 is 0 Å². The number of imidazole rings is 1. The van der Waals surface area contributed by atoms with Gasteiger partial charge in [-0.05, 0) is 47.6 Å². The largest absolute Gasteiger partial charge is 0.298 e. The maximum absolute atomic E-state index is 4.60. The van der Waals surface area contributed by atoms with Crippen LogP contribution in [0.25, 0.3) is 28.1 Å². The highest BCUT2D eigenvalue weighted by Gasteiger charge is 2.20. The topological polar surface area (TPSA) is 17.8 Å². The van der Waals surface area contributed by atoms with Crippen molar-refractivity contribution < 1.29 is 0 Å². The third kappa shape index (κ3) is 3.70. The first-order valence-electron chi connectivity index (χ1n) is 10.8. The van der Waals surface area contributed by atoms with E-state index in [1.807, 2.05) is 12.5 Å². The molecule has 2 nitrogen and oxygen atoms in total. The Balaban J connectivity index is 1.99. The van der Waals surface area contributed by atoms with Gasteiger partial charge in [-0.3, -0.25) is 4.57 Å². The molecule has 1 heterocycles. The Bertz CT molecular complexity index is 1120. The fourth-order valence-corrected chi connectivity index (χ4v) is 4.23. The molecule has 0 atom stereocenters. The van der Waals surface area contributed by atoms with E-state index >= 15 is 0 Å². The molecular weight excluding hydrogens is 364 g/mol. The van der Waals surface area contributed by atoms with E-state index in [2.05, 4.69) is 111 Å². The van der Waals surface area contributed by atoms with Crippen molar-refractivity contribution in [1.29, 1.82) is 0 Å². The van der Waals surface area contributed by atoms with Gasteiger partial charge in [0.25, 0.3) is 0 Å². The zero-order chi connectivity index (χ0) is 21.3. The molecule has 4 aromatic rings. The number of rotatable bonds is 5. The van der Waals surface area contributed by atoms with Crippen LogP contribution in [0.5, 0.6) is 0 Å². The first-order valence-corrected chi connectivity index (χ1v) is 10.8. The van der Waals surface area contributed by atoms with Crippen LogP contribution in [0.4, 0.5) is 0 Å². The van der Waals surface area contributed by atoms with Gasteiger partial charge in [0.2, 0.25) is 0 Å². The Morgan fingerprint density at radius 1 is 0.767 bits per heavy atom. The number of aromatic nitrogens is 2. The first kappa shape index (κ1) is 20.2. The lowest BCUT2D eigenvalue weighted by atomic mass is 9.87. The zero-order valence-corrected chi connectivity index (χ0v) is 18.6. The highest BCUT2D eigenvalue weighted by atomic mass is 15.1. The minimum atomic E-state index is 0.439. The lowest BCUT2D eigenvalue weighted by Gasteiger charge is -2.22. The van der Waals surface area contributed by atoms with Gasteiger partial charge in [-0.2, -0.15) is 0 Å². The summed E-state index contributed by atoms with van der Waals surface area (Å²) in [6.07, 6.45) is 3.97. The van der Waals surface area contributed by atoms with Crippen LogP contribution in [-0.4, -0.2) is 9.55 Å². The van der Waals surface area contributed by atoms with Crippen molar-refractivity contribution >= 4 is 0 Å². The third-order valence-corrected chi connectivity index (χ3v) is 5.76. The molecule has 0 N–H and O–H groups in total. The van der Waals surface area contributed by atoms with E-state index in [0.717, 1.165) is 11.4 Å². The maximum Gasteiger partial charge on any atom is 0.0997 e. The predicted molar refractivity (Wildman–Crippen MR) is 127 cm³/mol. The van der Waals surface area contributed by atoms with Crippen LogP contribution in [0, 0.1) is 6.92 Å². The van der Waals surface area contributed by atoms with Crippen LogP contribution in [0.15, 0.2) is 79.3 Å². The summed E-state index contributed by atoms with van der Waals surface area (Å²) in [4.78, 5) is 4.60. The fourth-order valence-electron chi connectivity index (χ4n) is 4.23. The predicted octanol–water partition coefficient (Wildman–Crippen LogP) is 7.76. The first-order chi connectivity index (χ1) is 14.5. The number of nitrogens with zero attached hydrogens (tertiary/aromatic N) is 2. The van der Waals surface area contributed by atoms with Crippen LogP contribution in [0.1, 0.15) is 56.2 Å². The third-order valence-electron chi connectivity index (χ3n) is 5.76. The van der Waals surface area contributed by atoms with Crippen molar-refractivity contribution in [2.45, 2.75) is 46.5 Å². The van der Waals surface area contributed by atoms with Gasteiger partial charge in [0.1, 0.15) is 0 Å². The van der Waals surface area contributed by atoms with Gasteiger partial charge < -0.3 is 0 Å². The Kier molecular flexibility index (Phi) is 5.59. The second kappa shape index (κ2) is 8.31. The van der Waals surface area contributed by atoms with Crippen molar-refractivity contribution in [2.24, 2.45) is 0 Å². The Hall–Kier alpha value is -3.13. The second-order valence-corrected chi connectivity index (χ2v) is 8.66. The van der Waals surface area contributed by atoms with Gasteiger partial charge in [0.15, 0.2) is 0 Å². The standard InChI is InChI=1S/C28H30N2/c1-19(2)23-12-9-13-24(20(3)4)28(23)27-17-29-18-30(27)26-15-14-21(5)16-25(26)22-10-7-6-8-11-22/h6-20H,1-5H3. The molecular formula is C28H30N2. The molecule has 152 valence electrons. The quantitative estimate of drug-likeness (QED) is 0.338. The molecule has 30 heavy (non-hydrogen) atoms. The molecule has 0 spiro atoms. The van der Waals surface area contributed by atoms with Crippen LogP contribution >= 0.6 is 0 Å². The van der Waals surface area contributed by atoms with Crippen molar-refractivity contribution in [1.82, 2.24) is 9.55 Å². The van der Waals surface area contributed by atoms with E-state index in [0.29, 0.717) is 11.8 Å². The SMILES string of the molecule is Cc1ccc(-n2cncc2-c2c(C(C)C)cccc2C(C)C)c(-c2ccccc2)c1. The number of hydrogen-bond acceptors (Lipinski definition) is 1. The van der Waals surface area contributed by atoms with E-state index < -0.39 is 0 Å². The van der Waals surface area contributed by atoms with E-state index in [-0.39, 0.29) is 0 Å². The summed E-state index contributed by atoms with van der Waals surface area (Å²) < 4.78 is 2.26. The molecule has 0 aliphatic carbocycles. The highest BCUT2D eigenvalue weighted by molar-refractivity contribution is 5.78. The van der Waals surface area contributed by atoms with E-state index in [9.17, 15) is 0 Å². The van der Waals surface area contributed by atoms with Crippen molar-refractivity contribution in [3.05, 3.63) is 95.9 Å². The molecule has 0 saturated heterocycles. The fraction of sp³-hybridized carbons (Fsp3) is 0.250. The van der Waals surface area contributed by atoms with E-state index in [4.69, 9.17) is 0 Å². The molecule has 0 radical (unpaired) electrons. The lowest BCUT2D eigenvalue weighted by molar-refractivity contribution is 0.834. The summed E-state index contributed by atoms with van der Waals surface area (Å²) in [6.45, 7) is 11.2. The molecule has 4 rings (SSSR count). The van der Waals surface area contributed by atoms with Gasteiger partial charge in [-0.25, -0.2) is 4.98 Å². The molecule has 2 heteroatoms. The van der Waals surface area contributed by atoms with Gasteiger partial charge in [-0.15, -0.1) is 0 Å². The number of hydrogen-bond donors (Lipinski definition) is 0. The van der Waals surface area contributed by atoms with Crippen LogP contribution in [0.2, 0.25) is 0 Å². The second-order valence-electron chi connectivity index (χ2n) is 8.66. The molecule has 3 aromatic carbocycles. The molecule has 0 amide bonds. The summed E-state index contributed by atoms with van der Waals surface area (Å²) in [5, 5.41) is 0. The normalized spacial score (nSPS) is 11.4. The van der Waals surface area contributed by atoms with Gasteiger partial charge in [0, 0.05) is 11.1 Å². The summed E-state index contributed by atoms with van der Waals surface area (Å²) in [5.41, 5.74) is 10.1. The van der Waals surface area contributed by atoms with Crippen molar-refractivity contribution in [2.75, 3.05) is 0 Å². The molecule has 0 aliphatic rings. The Morgan fingerprint density at radius 3 is 2.07 bits per heavy atom. The molecule has 0 saturated carbocycles. The average molecular weight is 395 g/mol. The van der Waals surface area contributed by atoms with E-state index in [1.165, 1.54) is 33.4 Å². The van der Waals surface area contributed by atoms with Crippen LogP contribution < -0.4 is 0 Å². The van der Waals surface area contributed by atoms with Crippen LogP contribution in [-0.2, 0) is 0 Å². The molecule has 0 unspecified atom stereocenters. The molecule has 0 bridgehead atoms.